The molecule has 0 radical (unpaired) electrons. The maximum Gasteiger partial charge on any atom is 0.357 e. The fourth-order valence-corrected chi connectivity index (χ4v) is 4.82. The normalized spacial score (nSPS) is 19.4. The average molecular weight is 596 g/mol. The molecule has 1 fully saturated rings. The number of ether oxygens (including phenoxy) is 4. The Labute approximate surface area is 249 Å². The van der Waals surface area contributed by atoms with Crippen LogP contribution in [-0.2, 0) is 18.9 Å². The summed E-state index contributed by atoms with van der Waals surface area (Å²) in [5.41, 5.74) is 5.84. The predicted octanol–water partition coefficient (Wildman–Crippen LogP) is 2.68. The van der Waals surface area contributed by atoms with E-state index in [0.29, 0.717) is 5.56 Å². The molecule has 0 spiro atoms. The molecule has 0 amide bonds. The number of hydrogen-bond donors (Lipinski definition) is 1. The van der Waals surface area contributed by atoms with Crippen LogP contribution in [-0.4, -0.2) is 61.8 Å². The van der Waals surface area contributed by atoms with Crippen LogP contribution in [0.5, 0.6) is 0 Å². The maximum atomic E-state index is 13.3. The first kappa shape index (κ1) is 28.3. The molecule has 0 aliphatic carbocycles. The molecule has 0 bridgehead atoms. The number of esters is 3. The first-order chi connectivity index (χ1) is 21.4. The number of nitrogens with zero attached hydrogens (tertiary/aromatic N) is 4. The van der Waals surface area contributed by atoms with Gasteiger partial charge in [0.25, 0.3) is 0 Å². The van der Waals surface area contributed by atoms with E-state index < -0.39 is 48.1 Å². The number of anilines is 1. The maximum absolute atomic E-state index is 13.3. The minimum atomic E-state index is -1.29. The standard InChI is InChI=1S/C31H25N5O8/c32-29-33-30-35(16-17-36(30)31(40)34-29)25-24(44-28(39)21-14-8-3-9-15-21)23(43-27(38)20-12-6-2-7-13-20)22(42-25)18-41-26(37)19-10-4-1-5-11-19/h1-17,22-25H,18H2,(H2,32,34,40)/t22-,23-,24-,25-/m1/s1. The number of nitrogens with two attached hydrogens (primary N) is 1. The van der Waals surface area contributed by atoms with Gasteiger partial charge in [-0.25, -0.2) is 23.6 Å². The van der Waals surface area contributed by atoms with Gasteiger partial charge in [0.2, 0.25) is 11.7 Å². The highest BCUT2D eigenvalue weighted by molar-refractivity contribution is 5.91. The summed E-state index contributed by atoms with van der Waals surface area (Å²) in [5.74, 6) is -2.34. The average Bonchev–Trinajstić information content (AvgIpc) is 3.62. The number of aromatic nitrogens is 4. The lowest BCUT2D eigenvalue weighted by Crippen LogP contribution is -2.41. The van der Waals surface area contributed by atoms with Crippen LogP contribution in [0.25, 0.3) is 5.78 Å². The Bertz CT molecular complexity index is 1860. The van der Waals surface area contributed by atoms with Gasteiger partial charge in [-0.15, -0.1) is 0 Å². The molecule has 5 aromatic rings. The molecule has 3 heterocycles. The first-order valence-corrected chi connectivity index (χ1v) is 13.5. The quantitative estimate of drug-likeness (QED) is 0.207. The van der Waals surface area contributed by atoms with Crippen molar-refractivity contribution in [2.24, 2.45) is 0 Å². The second-order valence-electron chi connectivity index (χ2n) is 9.74. The van der Waals surface area contributed by atoms with Gasteiger partial charge in [0, 0.05) is 12.4 Å². The first-order valence-electron chi connectivity index (χ1n) is 13.5. The van der Waals surface area contributed by atoms with Crippen molar-refractivity contribution in [2.75, 3.05) is 12.3 Å². The van der Waals surface area contributed by atoms with Crippen LogP contribution in [0.15, 0.2) is 108 Å². The van der Waals surface area contributed by atoms with Gasteiger partial charge in [-0.05, 0) is 36.4 Å². The lowest BCUT2D eigenvalue weighted by Gasteiger charge is -2.25. The topological polar surface area (TPSA) is 166 Å². The molecule has 1 aliphatic rings. The van der Waals surface area contributed by atoms with Crippen molar-refractivity contribution >= 4 is 29.6 Å². The van der Waals surface area contributed by atoms with Crippen molar-refractivity contribution in [3.63, 3.8) is 0 Å². The third-order valence-electron chi connectivity index (χ3n) is 6.91. The number of nitrogen functional groups attached to an aromatic ring is 1. The van der Waals surface area contributed by atoms with E-state index in [4.69, 9.17) is 24.7 Å². The van der Waals surface area contributed by atoms with Crippen molar-refractivity contribution in [1.29, 1.82) is 0 Å². The molecule has 222 valence electrons. The van der Waals surface area contributed by atoms with E-state index in [9.17, 15) is 19.2 Å². The summed E-state index contributed by atoms with van der Waals surface area (Å²) in [4.78, 5) is 59.7. The van der Waals surface area contributed by atoms with Crippen LogP contribution < -0.4 is 11.4 Å². The van der Waals surface area contributed by atoms with E-state index in [1.807, 2.05) is 0 Å². The van der Waals surface area contributed by atoms with Gasteiger partial charge in [0.1, 0.15) is 12.7 Å². The number of carbonyl (C=O) groups excluding carboxylic acids is 3. The molecule has 6 rings (SSSR count). The Morgan fingerprint density at radius 3 is 1.82 bits per heavy atom. The van der Waals surface area contributed by atoms with Crippen LogP contribution >= 0.6 is 0 Å². The van der Waals surface area contributed by atoms with E-state index in [2.05, 4.69) is 9.97 Å². The molecule has 13 heteroatoms. The zero-order valence-electron chi connectivity index (χ0n) is 23.0. The Hall–Kier alpha value is -5.82. The number of hydrogen-bond acceptors (Lipinski definition) is 11. The largest absolute Gasteiger partial charge is 0.459 e. The number of carbonyl (C=O) groups is 3. The number of benzene rings is 3. The van der Waals surface area contributed by atoms with E-state index in [1.54, 1.807) is 91.0 Å². The van der Waals surface area contributed by atoms with Crippen LogP contribution in [0, 0.1) is 0 Å². The lowest BCUT2D eigenvalue weighted by molar-refractivity contribution is -0.0606. The van der Waals surface area contributed by atoms with Crippen molar-refractivity contribution in [3.8, 4) is 0 Å². The molecular weight excluding hydrogens is 570 g/mol. The van der Waals surface area contributed by atoms with Crippen molar-refractivity contribution < 1.29 is 33.3 Å². The Kier molecular flexibility index (Phi) is 7.84. The Balaban J connectivity index is 1.39. The molecule has 1 aliphatic heterocycles. The van der Waals surface area contributed by atoms with E-state index >= 15 is 0 Å². The summed E-state index contributed by atoms with van der Waals surface area (Å²) < 4.78 is 26.2. The van der Waals surface area contributed by atoms with Crippen molar-refractivity contribution in [3.05, 3.63) is 131 Å². The van der Waals surface area contributed by atoms with Gasteiger partial charge >= 0.3 is 23.6 Å². The molecule has 0 saturated carbocycles. The highest BCUT2D eigenvalue weighted by Gasteiger charge is 2.51. The predicted molar refractivity (Wildman–Crippen MR) is 154 cm³/mol. The summed E-state index contributed by atoms with van der Waals surface area (Å²) in [5, 5.41) is 0. The van der Waals surface area contributed by atoms with Crippen LogP contribution in [0.3, 0.4) is 0 Å². The van der Waals surface area contributed by atoms with Gasteiger partial charge in [-0.3, -0.25) is 4.57 Å². The number of fused-ring (bicyclic) bond motifs is 1. The van der Waals surface area contributed by atoms with E-state index in [1.165, 1.54) is 17.0 Å². The van der Waals surface area contributed by atoms with Gasteiger partial charge < -0.3 is 24.7 Å². The van der Waals surface area contributed by atoms with Crippen LogP contribution in [0.1, 0.15) is 37.3 Å². The molecule has 1 saturated heterocycles. The SMILES string of the molecule is Nc1nc(=O)n2ccn([C@@H]3O[C@H](COC(=O)c4ccccc4)[C@@H](OC(=O)c4ccccc4)[C@H]3OC(=O)c3ccccc3)c2n1. The highest BCUT2D eigenvalue weighted by Crippen LogP contribution is 2.36. The zero-order chi connectivity index (χ0) is 30.6. The summed E-state index contributed by atoms with van der Waals surface area (Å²) >= 11 is 0. The minimum Gasteiger partial charge on any atom is -0.459 e. The van der Waals surface area contributed by atoms with Gasteiger partial charge in [0.15, 0.2) is 18.4 Å². The Morgan fingerprint density at radius 1 is 0.727 bits per heavy atom. The number of imidazole rings is 1. The van der Waals surface area contributed by atoms with E-state index in [-0.39, 0.29) is 29.5 Å². The van der Waals surface area contributed by atoms with Crippen LogP contribution in [0.4, 0.5) is 5.95 Å². The van der Waals surface area contributed by atoms with Crippen molar-refractivity contribution in [1.82, 2.24) is 18.9 Å². The summed E-state index contributed by atoms with van der Waals surface area (Å²) in [6, 6.07) is 24.7. The highest BCUT2D eigenvalue weighted by atomic mass is 16.7. The zero-order valence-corrected chi connectivity index (χ0v) is 23.0. The fraction of sp³-hybridized carbons (Fsp3) is 0.161. The minimum absolute atomic E-state index is 0.0309. The number of rotatable bonds is 8. The molecule has 2 N–H and O–H groups in total. The molecule has 44 heavy (non-hydrogen) atoms. The molecule has 0 unspecified atom stereocenters. The monoisotopic (exact) mass is 595 g/mol. The fourth-order valence-electron chi connectivity index (χ4n) is 4.82. The smallest absolute Gasteiger partial charge is 0.357 e. The van der Waals surface area contributed by atoms with Crippen LogP contribution in [0.2, 0.25) is 0 Å². The molecule has 13 nitrogen and oxygen atoms in total. The second kappa shape index (κ2) is 12.2. The molecular formula is C31H25N5O8. The second-order valence-corrected chi connectivity index (χ2v) is 9.74. The lowest BCUT2D eigenvalue weighted by atomic mass is 10.1. The Morgan fingerprint density at radius 2 is 1.25 bits per heavy atom. The molecule has 3 aromatic carbocycles. The van der Waals surface area contributed by atoms with Gasteiger partial charge in [0.05, 0.1) is 16.7 Å². The third-order valence-corrected chi connectivity index (χ3v) is 6.91. The summed E-state index contributed by atoms with van der Waals surface area (Å²) in [6.07, 6.45) is -2.01. The molecule has 4 atom stereocenters. The van der Waals surface area contributed by atoms with E-state index in [0.717, 1.165) is 4.40 Å². The van der Waals surface area contributed by atoms with Crippen molar-refractivity contribution in [2.45, 2.75) is 24.5 Å². The van der Waals surface area contributed by atoms with Gasteiger partial charge in [-0.1, -0.05) is 54.6 Å². The molecule has 2 aromatic heterocycles. The van der Waals surface area contributed by atoms with Gasteiger partial charge in [-0.2, -0.15) is 9.97 Å². The third kappa shape index (κ3) is 5.76. The summed E-state index contributed by atoms with van der Waals surface area (Å²) in [7, 11) is 0. The summed E-state index contributed by atoms with van der Waals surface area (Å²) in [6.45, 7) is -0.368.